The number of rotatable bonds is 1. The van der Waals surface area contributed by atoms with E-state index in [1.807, 2.05) is 0 Å². The van der Waals surface area contributed by atoms with Gasteiger partial charge in [-0.2, -0.15) is 0 Å². The SMILES string of the molecule is CC(=O)NC1=Nc2cc3c(cc2C1)OC(F)(F)O3.CC(=O)Nc1nc2cc3c(cc2[nH]1)OC(F)(F)O3. The van der Waals surface area contributed by atoms with Crippen LogP contribution >= 0.6 is 0 Å². The Morgan fingerprint density at radius 3 is 2.03 bits per heavy atom. The maximum absolute atomic E-state index is 12.8. The summed E-state index contributed by atoms with van der Waals surface area (Å²) in [7, 11) is 0. The van der Waals surface area contributed by atoms with Crippen molar-refractivity contribution in [3.05, 3.63) is 29.8 Å². The maximum Gasteiger partial charge on any atom is 0.586 e. The number of imidazole rings is 1. The second-order valence-corrected chi connectivity index (χ2v) is 7.76. The van der Waals surface area contributed by atoms with E-state index in [1.54, 1.807) is 0 Å². The third kappa shape index (κ3) is 4.67. The van der Waals surface area contributed by atoms with Crippen molar-refractivity contribution in [1.82, 2.24) is 15.3 Å². The van der Waals surface area contributed by atoms with Crippen molar-refractivity contribution in [2.45, 2.75) is 32.9 Å². The predicted molar refractivity (Wildman–Crippen MR) is 114 cm³/mol. The highest BCUT2D eigenvalue weighted by Crippen LogP contribution is 2.46. The molecule has 15 heteroatoms. The zero-order valence-corrected chi connectivity index (χ0v) is 18.4. The Bertz CT molecular complexity index is 1410. The van der Waals surface area contributed by atoms with E-state index >= 15 is 0 Å². The third-order valence-corrected chi connectivity index (χ3v) is 4.84. The Labute approximate surface area is 198 Å². The average molecular weight is 509 g/mol. The first-order valence-corrected chi connectivity index (χ1v) is 10.2. The fraction of sp³-hybridized carbons (Fsp3) is 0.238. The van der Waals surface area contributed by atoms with Crippen molar-refractivity contribution in [3.63, 3.8) is 0 Å². The molecule has 3 aliphatic rings. The number of aromatic amines is 1. The van der Waals surface area contributed by atoms with E-state index in [0.29, 0.717) is 34.5 Å². The number of alkyl halides is 4. The van der Waals surface area contributed by atoms with Gasteiger partial charge in [0, 0.05) is 38.5 Å². The van der Waals surface area contributed by atoms with E-state index in [4.69, 9.17) is 0 Å². The number of nitrogens with one attached hydrogen (secondary N) is 3. The minimum atomic E-state index is -3.65. The molecule has 0 aliphatic carbocycles. The Kier molecular flexibility index (Phi) is 5.15. The minimum absolute atomic E-state index is 0.0157. The number of halogens is 4. The number of fused-ring (bicyclic) bond motifs is 4. The lowest BCUT2D eigenvalue weighted by atomic mass is 10.1. The van der Waals surface area contributed by atoms with Crippen molar-refractivity contribution in [2.75, 3.05) is 5.32 Å². The molecule has 0 fully saturated rings. The highest BCUT2D eigenvalue weighted by molar-refractivity contribution is 6.02. The van der Waals surface area contributed by atoms with Crippen molar-refractivity contribution in [1.29, 1.82) is 0 Å². The lowest BCUT2D eigenvalue weighted by molar-refractivity contribution is -0.287. The van der Waals surface area contributed by atoms with Crippen LogP contribution in [0.15, 0.2) is 29.3 Å². The van der Waals surface area contributed by atoms with Gasteiger partial charge in [-0.25, -0.2) is 9.98 Å². The molecule has 188 valence electrons. The molecule has 11 nitrogen and oxygen atoms in total. The van der Waals surface area contributed by atoms with Crippen LogP contribution in [0, 0.1) is 0 Å². The van der Waals surface area contributed by atoms with Gasteiger partial charge in [-0.1, -0.05) is 0 Å². The summed E-state index contributed by atoms with van der Waals surface area (Å²) >= 11 is 0. The lowest BCUT2D eigenvalue weighted by Crippen LogP contribution is -2.27. The quantitative estimate of drug-likeness (QED) is 0.427. The lowest BCUT2D eigenvalue weighted by Gasteiger charge is -2.04. The van der Waals surface area contributed by atoms with Gasteiger partial charge in [-0.15, -0.1) is 17.6 Å². The number of carbonyl (C=O) groups is 2. The number of H-pyrrole nitrogens is 1. The number of anilines is 1. The number of benzene rings is 2. The predicted octanol–water partition coefficient (Wildman–Crippen LogP) is 3.57. The van der Waals surface area contributed by atoms with E-state index < -0.39 is 12.6 Å². The number of hydrogen-bond donors (Lipinski definition) is 3. The van der Waals surface area contributed by atoms with Crippen molar-refractivity contribution >= 4 is 40.3 Å². The number of carbonyl (C=O) groups excluding carboxylic acids is 2. The first kappa shape index (κ1) is 23.2. The smallest absolute Gasteiger partial charge is 0.395 e. The average Bonchev–Trinajstić information content (AvgIpc) is 3.43. The van der Waals surface area contributed by atoms with E-state index in [1.165, 1.54) is 38.1 Å². The molecule has 0 saturated carbocycles. The molecule has 36 heavy (non-hydrogen) atoms. The second kappa shape index (κ2) is 8.00. The van der Waals surface area contributed by atoms with Gasteiger partial charge in [-0.05, 0) is 11.6 Å². The summed E-state index contributed by atoms with van der Waals surface area (Å²) in [6, 6.07) is 5.47. The second-order valence-electron chi connectivity index (χ2n) is 7.76. The summed E-state index contributed by atoms with van der Waals surface area (Å²) < 4.78 is 68.6. The largest absolute Gasteiger partial charge is 0.586 e. The molecule has 2 amide bonds. The van der Waals surface area contributed by atoms with Gasteiger partial charge in [0.2, 0.25) is 17.8 Å². The molecule has 3 aromatic rings. The molecule has 6 rings (SSSR count). The van der Waals surface area contributed by atoms with Gasteiger partial charge in [0.15, 0.2) is 23.0 Å². The number of hydrogen-bond acceptors (Lipinski definition) is 8. The Morgan fingerprint density at radius 1 is 0.861 bits per heavy atom. The normalized spacial score (nSPS) is 17.1. The molecule has 1 aromatic heterocycles. The highest BCUT2D eigenvalue weighted by atomic mass is 19.3. The highest BCUT2D eigenvalue weighted by Gasteiger charge is 2.45. The summed E-state index contributed by atoms with van der Waals surface area (Å²) in [5, 5.41) is 5.01. The van der Waals surface area contributed by atoms with Gasteiger partial charge >= 0.3 is 12.6 Å². The van der Waals surface area contributed by atoms with Crippen LogP contribution in [0.3, 0.4) is 0 Å². The van der Waals surface area contributed by atoms with Gasteiger partial charge in [0.05, 0.1) is 16.7 Å². The van der Waals surface area contributed by atoms with Crippen LogP contribution in [0.4, 0.5) is 29.2 Å². The van der Waals surface area contributed by atoms with E-state index in [-0.39, 0.29) is 40.8 Å². The molecule has 0 unspecified atom stereocenters. The standard InChI is InChI=1S/C11H8F2N2O3.C10H7F2N3O3/c1-5(16)14-10-3-6-2-8-9(4-7(6)15-10)18-11(12,13)17-8;1-4(16)13-9-14-5-2-7-8(3-6(5)15-9)18-10(11,12)17-7/h2,4H,3H2,1H3,(H,14,15,16);2-3H,1H3,(H2,13,14,15,16). The summed E-state index contributed by atoms with van der Waals surface area (Å²) in [5.74, 6) is -0.0434. The van der Waals surface area contributed by atoms with Crippen LogP contribution in [-0.4, -0.2) is 40.2 Å². The van der Waals surface area contributed by atoms with Gasteiger partial charge in [0.1, 0.15) is 5.84 Å². The molecule has 0 saturated heterocycles. The molecule has 0 spiro atoms. The van der Waals surface area contributed by atoms with E-state index in [2.05, 4.69) is 44.5 Å². The molecular weight excluding hydrogens is 494 g/mol. The van der Waals surface area contributed by atoms with Gasteiger partial charge in [-0.3, -0.25) is 14.9 Å². The topological polar surface area (TPSA) is 136 Å². The molecule has 3 aliphatic heterocycles. The molecule has 0 atom stereocenters. The minimum Gasteiger partial charge on any atom is -0.395 e. The fourth-order valence-electron chi connectivity index (χ4n) is 3.59. The molecule has 3 N–H and O–H groups in total. The number of aromatic nitrogens is 2. The van der Waals surface area contributed by atoms with Crippen LogP contribution in [0.1, 0.15) is 19.4 Å². The van der Waals surface area contributed by atoms with Crippen LogP contribution < -0.4 is 29.6 Å². The van der Waals surface area contributed by atoms with Crippen LogP contribution in [0.5, 0.6) is 23.0 Å². The van der Waals surface area contributed by atoms with E-state index in [9.17, 15) is 27.2 Å². The molecule has 0 bridgehead atoms. The van der Waals surface area contributed by atoms with Crippen LogP contribution in [0.2, 0.25) is 0 Å². The first-order valence-electron chi connectivity index (χ1n) is 10.2. The Balaban J connectivity index is 0.000000148. The van der Waals surface area contributed by atoms with Crippen molar-refractivity contribution < 1.29 is 46.1 Å². The fourth-order valence-corrected chi connectivity index (χ4v) is 3.59. The Morgan fingerprint density at radius 2 is 1.42 bits per heavy atom. The van der Waals surface area contributed by atoms with Crippen LogP contribution in [0.25, 0.3) is 11.0 Å². The first-order chi connectivity index (χ1) is 16.9. The monoisotopic (exact) mass is 509 g/mol. The van der Waals surface area contributed by atoms with Crippen molar-refractivity contribution in [3.8, 4) is 23.0 Å². The zero-order chi connectivity index (χ0) is 25.8. The maximum atomic E-state index is 12.8. The summed E-state index contributed by atoms with van der Waals surface area (Å²) in [4.78, 5) is 32.6. The molecular formula is C21H15F4N5O6. The summed E-state index contributed by atoms with van der Waals surface area (Å²) in [5.41, 5.74) is 2.05. The van der Waals surface area contributed by atoms with Gasteiger partial charge < -0.3 is 29.2 Å². The number of ether oxygens (including phenoxy) is 4. The molecule has 4 heterocycles. The number of amidine groups is 1. The van der Waals surface area contributed by atoms with Crippen molar-refractivity contribution in [2.24, 2.45) is 4.99 Å². The van der Waals surface area contributed by atoms with Gasteiger partial charge in [0.25, 0.3) is 0 Å². The molecule has 2 aromatic carbocycles. The molecule has 0 radical (unpaired) electrons. The third-order valence-electron chi connectivity index (χ3n) is 4.84. The number of amides is 2. The number of aliphatic imine (C=N–C) groups is 1. The van der Waals surface area contributed by atoms with E-state index in [0.717, 1.165) is 0 Å². The Hall–Kier alpha value is -4.56. The summed E-state index contributed by atoms with van der Waals surface area (Å²) in [6.07, 6.45) is -6.90. The number of nitrogens with zero attached hydrogens (tertiary/aromatic N) is 2. The zero-order valence-electron chi connectivity index (χ0n) is 18.4. The summed E-state index contributed by atoms with van der Waals surface area (Å²) in [6.45, 7) is 2.71. The van der Waals surface area contributed by atoms with Crippen LogP contribution in [-0.2, 0) is 16.0 Å².